The van der Waals surface area contributed by atoms with Gasteiger partial charge in [0.25, 0.3) is 5.91 Å². The number of carbonyl (C=O) groups excluding carboxylic acids is 1. The van der Waals surface area contributed by atoms with E-state index in [0.29, 0.717) is 11.8 Å². The summed E-state index contributed by atoms with van der Waals surface area (Å²) in [5.74, 6) is 0.409. The number of pyridine rings is 1. The summed E-state index contributed by atoms with van der Waals surface area (Å²) in [4.78, 5) is 15.7. The van der Waals surface area contributed by atoms with Crippen LogP contribution in [0.2, 0.25) is 10.2 Å². The van der Waals surface area contributed by atoms with Gasteiger partial charge in [-0.1, -0.05) is 28.3 Å². The Morgan fingerprint density at radius 1 is 1.37 bits per heavy atom. The third-order valence-corrected chi connectivity index (χ3v) is 3.16. The molecule has 2 aromatic rings. The maximum atomic E-state index is 12.0. The molecular weight excluding hydrogens is 291 g/mol. The minimum atomic E-state index is -0.472. The average Bonchev–Trinajstić information content (AvgIpc) is 3.13. The molecule has 0 saturated heterocycles. The second-order valence-electron chi connectivity index (χ2n) is 4.16. The molecule has 1 amide bonds. The van der Waals surface area contributed by atoms with Crippen LogP contribution in [-0.4, -0.2) is 21.1 Å². The monoisotopic (exact) mass is 298 g/mol. The van der Waals surface area contributed by atoms with E-state index in [1.165, 1.54) is 12.3 Å². The van der Waals surface area contributed by atoms with Crippen molar-refractivity contribution in [3.05, 3.63) is 33.9 Å². The van der Waals surface area contributed by atoms with Gasteiger partial charge in [-0.2, -0.15) is 0 Å². The Kier molecular flexibility index (Phi) is 3.12. The number of aromatic nitrogens is 3. The van der Waals surface area contributed by atoms with E-state index in [1.807, 2.05) is 0 Å². The zero-order valence-corrected chi connectivity index (χ0v) is 11.1. The normalized spacial score (nSPS) is 14.4. The summed E-state index contributed by atoms with van der Waals surface area (Å²) in [6, 6.07) is 1.42. The van der Waals surface area contributed by atoms with Crippen LogP contribution in [0.15, 0.2) is 16.7 Å². The minimum Gasteiger partial charge on any atom is -0.408 e. The number of carbonyl (C=O) groups is 1. The first-order valence-corrected chi connectivity index (χ1v) is 6.35. The summed E-state index contributed by atoms with van der Waals surface area (Å²) in [5, 5.41) is 10.5. The smallest absolute Gasteiger partial charge is 0.322 e. The van der Waals surface area contributed by atoms with Gasteiger partial charge in [-0.25, -0.2) is 4.98 Å². The molecule has 1 aliphatic carbocycles. The molecule has 1 saturated carbocycles. The summed E-state index contributed by atoms with van der Waals surface area (Å²) in [5.41, 5.74) is 0.202. The van der Waals surface area contributed by atoms with Crippen molar-refractivity contribution in [2.75, 3.05) is 5.32 Å². The molecule has 3 rings (SSSR count). The van der Waals surface area contributed by atoms with Crippen LogP contribution in [0.4, 0.5) is 6.01 Å². The van der Waals surface area contributed by atoms with Crippen LogP contribution >= 0.6 is 23.2 Å². The highest BCUT2D eigenvalue weighted by Gasteiger charge is 2.29. The fourth-order valence-electron chi connectivity index (χ4n) is 1.53. The van der Waals surface area contributed by atoms with Crippen molar-refractivity contribution >= 4 is 35.1 Å². The highest BCUT2D eigenvalue weighted by Crippen LogP contribution is 2.39. The largest absolute Gasteiger partial charge is 0.408 e. The van der Waals surface area contributed by atoms with E-state index in [4.69, 9.17) is 27.6 Å². The van der Waals surface area contributed by atoms with Crippen LogP contribution in [0.25, 0.3) is 0 Å². The summed E-state index contributed by atoms with van der Waals surface area (Å²) >= 11 is 11.6. The number of amides is 1. The molecule has 0 radical (unpaired) electrons. The van der Waals surface area contributed by atoms with Crippen molar-refractivity contribution < 1.29 is 9.21 Å². The topological polar surface area (TPSA) is 80.9 Å². The first kappa shape index (κ1) is 12.4. The molecule has 0 aliphatic heterocycles. The Morgan fingerprint density at radius 2 is 2.16 bits per heavy atom. The summed E-state index contributed by atoms with van der Waals surface area (Å²) in [6.07, 6.45) is 3.39. The maximum Gasteiger partial charge on any atom is 0.322 e. The molecule has 98 valence electrons. The van der Waals surface area contributed by atoms with Crippen molar-refractivity contribution in [3.63, 3.8) is 0 Å². The number of nitrogens with one attached hydrogen (secondary N) is 1. The third kappa shape index (κ3) is 2.69. The second kappa shape index (κ2) is 4.79. The van der Waals surface area contributed by atoms with Crippen LogP contribution in [0, 0.1) is 0 Å². The van der Waals surface area contributed by atoms with E-state index >= 15 is 0 Å². The van der Waals surface area contributed by atoms with Gasteiger partial charge in [0.15, 0.2) is 0 Å². The van der Waals surface area contributed by atoms with Gasteiger partial charge in [-0.05, 0) is 18.9 Å². The number of hydrogen-bond donors (Lipinski definition) is 1. The number of hydrogen-bond acceptors (Lipinski definition) is 5. The van der Waals surface area contributed by atoms with Crippen molar-refractivity contribution in [1.82, 2.24) is 15.2 Å². The summed E-state index contributed by atoms with van der Waals surface area (Å²) in [7, 11) is 0. The van der Waals surface area contributed by atoms with Gasteiger partial charge in [-0.15, -0.1) is 5.10 Å². The molecule has 0 atom stereocenters. The Balaban J connectivity index is 1.77. The molecule has 2 heterocycles. The number of halogens is 2. The zero-order valence-electron chi connectivity index (χ0n) is 9.56. The Hall–Kier alpha value is -1.66. The van der Waals surface area contributed by atoms with Gasteiger partial charge in [0, 0.05) is 12.1 Å². The van der Waals surface area contributed by atoms with Crippen LogP contribution in [0.3, 0.4) is 0 Å². The lowest BCUT2D eigenvalue weighted by Crippen LogP contribution is -2.13. The second-order valence-corrected chi connectivity index (χ2v) is 4.96. The van der Waals surface area contributed by atoms with Gasteiger partial charge in [0.05, 0.1) is 10.6 Å². The van der Waals surface area contributed by atoms with Gasteiger partial charge in [-0.3, -0.25) is 10.1 Å². The van der Waals surface area contributed by atoms with Crippen LogP contribution in [0.1, 0.15) is 35.0 Å². The van der Waals surface area contributed by atoms with Crippen LogP contribution in [0.5, 0.6) is 0 Å². The fourth-order valence-corrected chi connectivity index (χ4v) is 1.88. The lowest BCUT2D eigenvalue weighted by Gasteiger charge is -2.02. The highest BCUT2D eigenvalue weighted by molar-refractivity contribution is 6.35. The van der Waals surface area contributed by atoms with Crippen molar-refractivity contribution in [2.24, 2.45) is 0 Å². The number of anilines is 1. The Morgan fingerprint density at radius 3 is 2.89 bits per heavy atom. The van der Waals surface area contributed by atoms with E-state index in [2.05, 4.69) is 20.5 Å². The molecule has 6 nitrogen and oxygen atoms in total. The SMILES string of the molecule is O=C(Nc1nnc(C2CC2)o1)c1cc(Cl)ncc1Cl. The standard InChI is InChI=1S/C11H8Cl2N4O2/c12-7-4-14-8(13)3-6(7)9(18)15-11-17-16-10(19-11)5-1-2-5/h3-5H,1-2H2,(H,15,17,18). The van der Waals surface area contributed by atoms with E-state index in [0.717, 1.165) is 12.8 Å². The molecule has 1 fully saturated rings. The molecule has 8 heteroatoms. The predicted molar refractivity (Wildman–Crippen MR) is 68.5 cm³/mol. The highest BCUT2D eigenvalue weighted by atomic mass is 35.5. The van der Waals surface area contributed by atoms with Gasteiger partial charge in [0.1, 0.15) is 5.15 Å². The summed E-state index contributed by atoms with van der Waals surface area (Å²) in [6.45, 7) is 0. The Labute approximate surface area is 118 Å². The Bertz CT molecular complexity index is 639. The minimum absolute atomic E-state index is 0.0518. The first-order chi connectivity index (χ1) is 9.13. The van der Waals surface area contributed by atoms with E-state index in [1.54, 1.807) is 0 Å². The molecule has 0 aromatic carbocycles. The summed E-state index contributed by atoms with van der Waals surface area (Å²) < 4.78 is 5.32. The van der Waals surface area contributed by atoms with Crippen molar-refractivity contribution in [2.45, 2.75) is 18.8 Å². The van der Waals surface area contributed by atoms with Crippen LogP contribution < -0.4 is 5.32 Å². The van der Waals surface area contributed by atoms with Gasteiger partial charge >= 0.3 is 6.01 Å². The lowest BCUT2D eigenvalue weighted by atomic mass is 10.2. The maximum absolute atomic E-state index is 12.0. The van der Waals surface area contributed by atoms with Gasteiger partial charge in [0.2, 0.25) is 5.89 Å². The van der Waals surface area contributed by atoms with E-state index in [-0.39, 0.29) is 21.8 Å². The molecule has 2 aromatic heterocycles. The van der Waals surface area contributed by atoms with E-state index < -0.39 is 5.91 Å². The average molecular weight is 299 g/mol. The first-order valence-electron chi connectivity index (χ1n) is 5.59. The molecule has 0 bridgehead atoms. The van der Waals surface area contributed by atoms with Crippen molar-refractivity contribution in [3.8, 4) is 0 Å². The van der Waals surface area contributed by atoms with Gasteiger partial charge < -0.3 is 4.42 Å². The molecule has 0 spiro atoms. The van der Waals surface area contributed by atoms with E-state index in [9.17, 15) is 4.79 Å². The van der Waals surface area contributed by atoms with Crippen molar-refractivity contribution in [1.29, 1.82) is 0 Å². The zero-order chi connectivity index (χ0) is 13.4. The molecular formula is C11H8Cl2N4O2. The molecule has 0 unspecified atom stereocenters. The quantitative estimate of drug-likeness (QED) is 0.881. The lowest BCUT2D eigenvalue weighted by molar-refractivity contribution is 0.102. The molecule has 19 heavy (non-hydrogen) atoms. The number of rotatable bonds is 3. The molecule has 1 N–H and O–H groups in total. The molecule has 1 aliphatic rings. The number of nitrogens with zero attached hydrogens (tertiary/aromatic N) is 3. The predicted octanol–water partition coefficient (Wildman–Crippen LogP) is 2.90. The third-order valence-electron chi connectivity index (χ3n) is 2.65. The fraction of sp³-hybridized carbons (Fsp3) is 0.273. The van der Waals surface area contributed by atoms with Crippen LogP contribution in [-0.2, 0) is 0 Å².